The van der Waals surface area contributed by atoms with Crippen molar-refractivity contribution in [1.29, 1.82) is 0 Å². The van der Waals surface area contributed by atoms with Crippen LogP contribution in [0.1, 0.15) is 36.9 Å². The summed E-state index contributed by atoms with van der Waals surface area (Å²) in [6.45, 7) is 5.75. The van der Waals surface area contributed by atoms with E-state index in [0.717, 1.165) is 42.5 Å². The Bertz CT molecular complexity index is 1090. The van der Waals surface area contributed by atoms with Gasteiger partial charge in [0.05, 0.1) is 25.3 Å². The van der Waals surface area contributed by atoms with Gasteiger partial charge in [-0.25, -0.2) is 9.18 Å². The van der Waals surface area contributed by atoms with Gasteiger partial charge in [0.15, 0.2) is 6.10 Å². The van der Waals surface area contributed by atoms with Crippen LogP contribution in [0.25, 0.3) is 0 Å². The Morgan fingerprint density at radius 1 is 1.15 bits per heavy atom. The molecule has 2 bridgehead atoms. The minimum Gasteiger partial charge on any atom is -1.00 e. The third kappa shape index (κ3) is 5.07. The number of nitrogens with zero attached hydrogens (tertiary/aromatic N) is 2. The smallest absolute Gasteiger partial charge is 0.415 e. The fourth-order valence-electron chi connectivity index (χ4n) is 5.55. The quantitative estimate of drug-likeness (QED) is 0.445. The highest BCUT2D eigenvalue weighted by atomic mass is 79.9. The zero-order valence-corrected chi connectivity index (χ0v) is 21.7. The average molecular weight is 546 g/mol. The molecule has 0 spiro atoms. The van der Waals surface area contributed by atoms with E-state index < -0.39 is 6.09 Å². The molecule has 1 aromatic heterocycles. The molecule has 3 aromatic rings. The first-order chi connectivity index (χ1) is 16.0. The van der Waals surface area contributed by atoms with Gasteiger partial charge in [0.25, 0.3) is 0 Å². The van der Waals surface area contributed by atoms with Gasteiger partial charge < -0.3 is 26.2 Å². The second-order valence-electron chi connectivity index (χ2n) is 9.39. The fraction of sp³-hybridized carbons (Fsp3) is 0.370. The van der Waals surface area contributed by atoms with Crippen molar-refractivity contribution < 1.29 is 35.4 Å². The van der Waals surface area contributed by atoms with E-state index in [2.05, 4.69) is 37.3 Å². The molecular weight excluding hydrogens is 515 g/mol. The van der Waals surface area contributed by atoms with E-state index in [9.17, 15) is 9.18 Å². The number of ether oxygens (including phenoxy) is 1. The van der Waals surface area contributed by atoms with Crippen LogP contribution in [0.3, 0.4) is 0 Å². The summed E-state index contributed by atoms with van der Waals surface area (Å²) >= 11 is 1.58. The lowest BCUT2D eigenvalue weighted by Gasteiger charge is -2.55. The Labute approximate surface area is 215 Å². The zero-order chi connectivity index (χ0) is 22.8. The molecule has 4 nitrogen and oxygen atoms in total. The number of piperidine rings is 3. The number of anilines is 1. The van der Waals surface area contributed by atoms with Gasteiger partial charge in [-0.15, -0.1) is 0 Å². The maximum atomic E-state index is 14.0. The number of rotatable bonds is 6. The van der Waals surface area contributed by atoms with Crippen molar-refractivity contribution in [3.8, 4) is 0 Å². The van der Waals surface area contributed by atoms with Gasteiger partial charge in [-0.3, -0.25) is 4.90 Å². The normalized spacial score (nSPS) is 24.2. The van der Waals surface area contributed by atoms with Gasteiger partial charge in [-0.1, -0.05) is 36.4 Å². The molecule has 1 amide bonds. The molecule has 0 N–H and O–H groups in total. The van der Waals surface area contributed by atoms with E-state index in [0.29, 0.717) is 24.2 Å². The van der Waals surface area contributed by atoms with Crippen LogP contribution >= 0.6 is 11.3 Å². The number of benzene rings is 2. The third-order valence-corrected chi connectivity index (χ3v) is 8.31. The second kappa shape index (κ2) is 10.6. The number of hydrogen-bond acceptors (Lipinski definition) is 3. The van der Waals surface area contributed by atoms with E-state index in [4.69, 9.17) is 4.74 Å². The van der Waals surface area contributed by atoms with E-state index in [-0.39, 0.29) is 28.9 Å². The molecule has 34 heavy (non-hydrogen) atoms. The van der Waals surface area contributed by atoms with E-state index in [1.807, 2.05) is 16.8 Å². The first-order valence-electron chi connectivity index (χ1n) is 11.7. The first-order valence-corrected chi connectivity index (χ1v) is 12.6. The van der Waals surface area contributed by atoms with Crippen molar-refractivity contribution in [2.24, 2.45) is 5.92 Å². The molecular formula is C27H30BrFN2O2S. The summed E-state index contributed by atoms with van der Waals surface area (Å²) in [6, 6.07) is 19.2. The average Bonchev–Trinajstić information content (AvgIpc) is 3.37. The summed E-state index contributed by atoms with van der Waals surface area (Å²) in [5, 5.41) is 3.99. The number of fused-ring (bicyclic) bond motifs is 3. The Balaban J connectivity index is 0.00000274. The Morgan fingerprint density at radius 3 is 2.59 bits per heavy atom. The summed E-state index contributed by atoms with van der Waals surface area (Å²) in [5.74, 6) is 0.0343. The standard InChI is InChI=1S/C27H30FN2O2S.BrH/c1-20(22-6-3-2-4-7-22)30-13-10-23(11-14-30)26(18-30)32-27(31)29(17-21-12-15-33-19-21)25-9-5-8-24(28)16-25;/h2-9,12,15-16,19-20,23,26H,10-11,13-14,17-18H2,1H3;1H/q+1;/p-1/t20?,23?,26-,30?;/m0./s1. The summed E-state index contributed by atoms with van der Waals surface area (Å²) in [5.41, 5.74) is 2.87. The Kier molecular flexibility index (Phi) is 7.75. The monoisotopic (exact) mass is 544 g/mol. The summed E-state index contributed by atoms with van der Waals surface area (Å²) in [7, 11) is 0. The number of halogens is 2. The predicted molar refractivity (Wildman–Crippen MR) is 130 cm³/mol. The predicted octanol–water partition coefficient (Wildman–Crippen LogP) is 3.40. The SMILES string of the molecule is CC(c1ccccc1)[N+]12CCC(CC1)[C@@H](OC(=O)N(Cc1ccsc1)c1cccc(F)c1)C2.[Br-]. The van der Waals surface area contributed by atoms with Crippen molar-refractivity contribution >= 4 is 23.1 Å². The van der Waals surface area contributed by atoms with E-state index >= 15 is 0 Å². The molecule has 3 aliphatic rings. The van der Waals surface area contributed by atoms with E-state index in [1.165, 1.54) is 17.7 Å². The zero-order valence-electron chi connectivity index (χ0n) is 19.3. The number of amides is 1. The van der Waals surface area contributed by atoms with Crippen molar-refractivity contribution in [3.63, 3.8) is 0 Å². The van der Waals surface area contributed by atoms with Crippen LogP contribution < -0.4 is 21.9 Å². The van der Waals surface area contributed by atoms with Gasteiger partial charge in [0.2, 0.25) is 0 Å². The lowest BCUT2D eigenvalue weighted by molar-refractivity contribution is -0.972. The van der Waals surface area contributed by atoms with Crippen LogP contribution in [-0.4, -0.2) is 36.3 Å². The van der Waals surface area contributed by atoms with Crippen LogP contribution in [0.5, 0.6) is 0 Å². The van der Waals surface area contributed by atoms with Crippen LogP contribution in [-0.2, 0) is 11.3 Å². The number of carbonyl (C=O) groups excluding carboxylic acids is 1. The highest BCUT2D eigenvalue weighted by Gasteiger charge is 2.50. The number of hydrogen-bond donors (Lipinski definition) is 0. The number of quaternary nitrogens is 1. The summed E-state index contributed by atoms with van der Waals surface area (Å²) < 4.78 is 21.1. The molecule has 3 aliphatic heterocycles. The lowest BCUT2D eigenvalue weighted by Crippen LogP contribution is -3.00. The maximum absolute atomic E-state index is 14.0. The Morgan fingerprint density at radius 2 is 1.91 bits per heavy atom. The number of thiophene rings is 1. The minimum atomic E-state index is -0.393. The fourth-order valence-corrected chi connectivity index (χ4v) is 6.21. The van der Waals surface area contributed by atoms with Crippen LogP contribution in [0.4, 0.5) is 14.9 Å². The highest BCUT2D eigenvalue weighted by Crippen LogP contribution is 2.42. The van der Waals surface area contributed by atoms with Gasteiger partial charge >= 0.3 is 6.09 Å². The van der Waals surface area contributed by atoms with Crippen molar-refractivity contribution in [2.45, 2.75) is 38.5 Å². The topological polar surface area (TPSA) is 29.5 Å². The molecule has 3 saturated heterocycles. The lowest BCUT2D eigenvalue weighted by atomic mass is 9.81. The summed E-state index contributed by atoms with van der Waals surface area (Å²) in [4.78, 5) is 15.0. The van der Waals surface area contributed by atoms with Gasteiger partial charge in [0, 0.05) is 24.3 Å². The molecule has 2 aromatic carbocycles. The largest absolute Gasteiger partial charge is 1.00 e. The third-order valence-electron chi connectivity index (χ3n) is 7.58. The molecule has 0 saturated carbocycles. The van der Waals surface area contributed by atoms with Crippen LogP contribution in [0, 0.1) is 11.7 Å². The van der Waals surface area contributed by atoms with Crippen LogP contribution in [0.15, 0.2) is 71.4 Å². The van der Waals surface area contributed by atoms with Crippen molar-refractivity contribution in [3.05, 3.63) is 88.4 Å². The van der Waals surface area contributed by atoms with Crippen LogP contribution in [0.2, 0.25) is 0 Å². The molecule has 6 rings (SSSR count). The van der Waals surface area contributed by atoms with Gasteiger partial charge in [-0.2, -0.15) is 11.3 Å². The highest BCUT2D eigenvalue weighted by molar-refractivity contribution is 7.07. The molecule has 1 unspecified atom stereocenters. The first kappa shape index (κ1) is 24.9. The molecule has 0 aliphatic carbocycles. The molecule has 7 heteroatoms. The van der Waals surface area contributed by atoms with E-state index in [1.54, 1.807) is 28.4 Å². The molecule has 180 valence electrons. The van der Waals surface area contributed by atoms with Gasteiger partial charge in [0.1, 0.15) is 18.4 Å². The Hall–Kier alpha value is -2.22. The van der Waals surface area contributed by atoms with Gasteiger partial charge in [-0.05, 0) is 47.5 Å². The van der Waals surface area contributed by atoms with Crippen molar-refractivity contribution in [2.75, 3.05) is 24.5 Å². The summed E-state index contributed by atoms with van der Waals surface area (Å²) in [6.07, 6.45) is 1.62. The van der Waals surface area contributed by atoms with Crippen molar-refractivity contribution in [1.82, 2.24) is 0 Å². The molecule has 2 atom stereocenters. The molecule has 3 fully saturated rings. The second-order valence-corrected chi connectivity index (χ2v) is 10.2. The molecule has 0 radical (unpaired) electrons. The molecule has 4 heterocycles. The number of carbonyl (C=O) groups is 1. The maximum Gasteiger partial charge on any atom is 0.415 e. The minimum absolute atomic E-state index is 0.